The second-order valence-corrected chi connectivity index (χ2v) is 8.65. The Hall–Kier alpha value is -3.67. The number of ketones is 1. The Balaban J connectivity index is 1.33. The van der Waals surface area contributed by atoms with Crippen LogP contribution in [0.25, 0.3) is 16.6 Å². The molecule has 5 nitrogen and oxygen atoms in total. The third-order valence-electron chi connectivity index (χ3n) is 6.48. The summed E-state index contributed by atoms with van der Waals surface area (Å²) in [5.74, 6) is -1.10. The van der Waals surface area contributed by atoms with Gasteiger partial charge in [-0.3, -0.25) is 4.79 Å². The molecule has 1 N–H and O–H groups in total. The van der Waals surface area contributed by atoms with Crippen molar-refractivity contribution in [1.82, 2.24) is 9.55 Å². The largest absolute Gasteiger partial charge is 0.454 e. The normalized spacial score (nSPS) is 13.2. The Morgan fingerprint density at radius 2 is 1.79 bits per heavy atom. The summed E-state index contributed by atoms with van der Waals surface area (Å²) in [6.45, 7) is 3.37. The van der Waals surface area contributed by atoms with E-state index in [-0.39, 0.29) is 18.2 Å². The Bertz CT molecular complexity index is 1380. The van der Waals surface area contributed by atoms with Gasteiger partial charge in [-0.25, -0.2) is 9.18 Å². The molecule has 0 aliphatic heterocycles. The third kappa shape index (κ3) is 3.86. The van der Waals surface area contributed by atoms with Crippen molar-refractivity contribution in [2.24, 2.45) is 0 Å². The summed E-state index contributed by atoms with van der Waals surface area (Å²) in [5, 5.41) is 1.06. The lowest BCUT2D eigenvalue weighted by atomic mass is 9.95. The van der Waals surface area contributed by atoms with Crippen molar-refractivity contribution < 1.29 is 18.7 Å². The number of benzene rings is 2. The van der Waals surface area contributed by atoms with Crippen LogP contribution in [0.4, 0.5) is 4.39 Å². The molecule has 0 bridgehead atoms. The standard InChI is InChI=1S/C27H25FN2O3/c1-16-13-22(17(2)30(16)20-10-8-19(28)9-11-20)26(31)15-33-27(32)18-7-12-25-23(14-18)21-5-3-4-6-24(21)29-25/h7-14,29H,3-6,15H2,1-2H3. The van der Waals surface area contributed by atoms with Crippen molar-refractivity contribution >= 4 is 22.7 Å². The molecule has 0 spiro atoms. The number of Topliss-reactive ketones (excluding diaryl/α,β-unsaturated/α-hetero) is 1. The minimum atomic E-state index is -0.511. The number of esters is 1. The maximum absolute atomic E-state index is 13.3. The fourth-order valence-corrected chi connectivity index (χ4v) is 4.86. The molecule has 5 rings (SSSR count). The molecule has 0 amide bonds. The van der Waals surface area contributed by atoms with Crippen molar-refractivity contribution in [3.8, 4) is 5.69 Å². The van der Waals surface area contributed by atoms with Gasteiger partial charge in [0, 0.05) is 39.2 Å². The van der Waals surface area contributed by atoms with Crippen LogP contribution < -0.4 is 0 Å². The van der Waals surface area contributed by atoms with E-state index in [1.54, 1.807) is 24.3 Å². The third-order valence-corrected chi connectivity index (χ3v) is 6.48. The zero-order chi connectivity index (χ0) is 23.1. The number of aromatic nitrogens is 2. The number of H-pyrrole nitrogens is 1. The van der Waals surface area contributed by atoms with E-state index < -0.39 is 5.97 Å². The van der Waals surface area contributed by atoms with Crippen LogP contribution in [0.15, 0.2) is 48.5 Å². The number of halogens is 1. The highest BCUT2D eigenvalue weighted by Crippen LogP contribution is 2.30. The number of aromatic amines is 1. The first-order valence-electron chi connectivity index (χ1n) is 11.2. The summed E-state index contributed by atoms with van der Waals surface area (Å²) in [7, 11) is 0. The van der Waals surface area contributed by atoms with Crippen molar-refractivity contribution in [2.75, 3.05) is 6.61 Å². The van der Waals surface area contributed by atoms with Crippen LogP contribution in [0, 0.1) is 19.7 Å². The zero-order valence-electron chi connectivity index (χ0n) is 18.7. The lowest BCUT2D eigenvalue weighted by molar-refractivity contribution is 0.0474. The van der Waals surface area contributed by atoms with Crippen molar-refractivity contribution in [3.63, 3.8) is 0 Å². The number of ether oxygens (including phenoxy) is 1. The van der Waals surface area contributed by atoms with E-state index in [0.717, 1.165) is 47.2 Å². The van der Waals surface area contributed by atoms with Gasteiger partial charge >= 0.3 is 5.97 Å². The Kier molecular flexibility index (Phi) is 5.36. The number of aryl methyl sites for hydroxylation is 3. The first-order chi connectivity index (χ1) is 15.9. The molecule has 168 valence electrons. The summed E-state index contributed by atoms with van der Waals surface area (Å²) in [6, 6.07) is 13.4. The number of hydrogen-bond acceptors (Lipinski definition) is 3. The molecule has 0 saturated carbocycles. The molecule has 2 heterocycles. The quantitative estimate of drug-likeness (QED) is 0.320. The summed E-state index contributed by atoms with van der Waals surface area (Å²) >= 11 is 0. The highest BCUT2D eigenvalue weighted by Gasteiger charge is 2.20. The number of carbonyl (C=O) groups excluding carboxylic acids is 2. The van der Waals surface area contributed by atoms with Gasteiger partial charge in [-0.15, -0.1) is 0 Å². The monoisotopic (exact) mass is 444 g/mol. The van der Waals surface area contributed by atoms with Crippen LogP contribution in [0.1, 0.15) is 56.2 Å². The van der Waals surface area contributed by atoms with Crippen molar-refractivity contribution in [2.45, 2.75) is 39.5 Å². The maximum atomic E-state index is 13.3. The molecule has 1 aliphatic carbocycles. The molecule has 0 saturated heterocycles. The molecule has 6 heteroatoms. The molecule has 4 aromatic rings. The van der Waals surface area contributed by atoms with Gasteiger partial charge in [0.25, 0.3) is 0 Å². The first kappa shape index (κ1) is 21.2. The number of hydrogen-bond donors (Lipinski definition) is 1. The Morgan fingerprint density at radius 1 is 1.03 bits per heavy atom. The highest BCUT2D eigenvalue weighted by molar-refractivity contribution is 6.01. The fraction of sp³-hybridized carbons (Fsp3) is 0.259. The van der Waals surface area contributed by atoms with E-state index in [4.69, 9.17) is 4.74 Å². The molecular formula is C27H25FN2O3. The molecular weight excluding hydrogens is 419 g/mol. The second kappa shape index (κ2) is 8.35. The van der Waals surface area contributed by atoms with E-state index in [2.05, 4.69) is 4.98 Å². The second-order valence-electron chi connectivity index (χ2n) is 8.65. The Labute approximate surface area is 191 Å². The summed E-state index contributed by atoms with van der Waals surface area (Å²) < 4.78 is 20.6. The highest BCUT2D eigenvalue weighted by atomic mass is 19.1. The van der Waals surface area contributed by atoms with Crippen LogP contribution in [0.5, 0.6) is 0 Å². The molecule has 0 radical (unpaired) electrons. The van der Waals surface area contributed by atoms with Gasteiger partial charge in [0.05, 0.1) is 5.56 Å². The average Bonchev–Trinajstić information content (AvgIpc) is 3.34. The first-order valence-corrected chi connectivity index (χ1v) is 11.2. The topological polar surface area (TPSA) is 64.1 Å². The van der Waals surface area contributed by atoms with Crippen molar-refractivity contribution in [3.05, 3.63) is 88.1 Å². The zero-order valence-corrected chi connectivity index (χ0v) is 18.7. The Morgan fingerprint density at radius 3 is 2.58 bits per heavy atom. The van der Waals surface area contributed by atoms with Gasteiger partial charge in [0.1, 0.15) is 5.82 Å². The van der Waals surface area contributed by atoms with Crippen LogP contribution in [-0.4, -0.2) is 27.9 Å². The average molecular weight is 445 g/mol. The maximum Gasteiger partial charge on any atom is 0.338 e. The van der Waals surface area contributed by atoms with E-state index in [9.17, 15) is 14.0 Å². The lowest BCUT2D eigenvalue weighted by Gasteiger charge is -2.11. The van der Waals surface area contributed by atoms with Gasteiger partial charge in [0.15, 0.2) is 6.61 Å². The molecule has 0 unspecified atom stereocenters. The van der Waals surface area contributed by atoms with Crippen molar-refractivity contribution in [1.29, 1.82) is 0 Å². The lowest BCUT2D eigenvalue weighted by Crippen LogP contribution is -2.15. The van der Waals surface area contributed by atoms with Gasteiger partial charge in [0.2, 0.25) is 5.78 Å². The van der Waals surface area contributed by atoms with E-state index >= 15 is 0 Å². The van der Waals surface area contributed by atoms with Crippen LogP contribution in [-0.2, 0) is 17.6 Å². The number of nitrogens with zero attached hydrogens (tertiary/aromatic N) is 1. The predicted molar refractivity (Wildman–Crippen MR) is 125 cm³/mol. The number of fused-ring (bicyclic) bond motifs is 3. The SMILES string of the molecule is Cc1cc(C(=O)COC(=O)c2ccc3[nH]c4c(c3c2)CCCC4)c(C)n1-c1ccc(F)cc1. The molecule has 33 heavy (non-hydrogen) atoms. The van der Waals surface area contributed by atoms with E-state index in [1.165, 1.54) is 29.8 Å². The van der Waals surface area contributed by atoms with E-state index in [1.807, 2.05) is 30.5 Å². The molecule has 0 fully saturated rings. The summed E-state index contributed by atoms with van der Waals surface area (Å²) in [5.41, 5.74) is 6.84. The van der Waals surface area contributed by atoms with Crippen LogP contribution in [0.2, 0.25) is 0 Å². The smallest absolute Gasteiger partial charge is 0.338 e. The number of nitrogens with one attached hydrogen (secondary N) is 1. The minimum Gasteiger partial charge on any atom is -0.454 e. The van der Waals surface area contributed by atoms with Gasteiger partial charge < -0.3 is 14.3 Å². The van der Waals surface area contributed by atoms with Crippen LogP contribution in [0.3, 0.4) is 0 Å². The van der Waals surface area contributed by atoms with Gasteiger partial charge in [-0.05, 0) is 93.6 Å². The number of carbonyl (C=O) groups is 2. The summed E-state index contributed by atoms with van der Waals surface area (Å²) in [6.07, 6.45) is 4.38. The predicted octanol–water partition coefficient (Wildman–Crippen LogP) is 5.63. The van der Waals surface area contributed by atoms with Crippen LogP contribution >= 0.6 is 0 Å². The molecule has 2 aromatic heterocycles. The van der Waals surface area contributed by atoms with E-state index in [0.29, 0.717) is 11.1 Å². The van der Waals surface area contributed by atoms with Gasteiger partial charge in [-0.1, -0.05) is 0 Å². The number of rotatable bonds is 5. The molecule has 2 aromatic carbocycles. The minimum absolute atomic E-state index is 0.273. The van der Waals surface area contributed by atoms with Gasteiger partial charge in [-0.2, -0.15) is 0 Å². The molecule has 1 aliphatic rings. The fourth-order valence-electron chi connectivity index (χ4n) is 4.86. The molecule has 0 atom stereocenters. The summed E-state index contributed by atoms with van der Waals surface area (Å²) in [4.78, 5) is 29.0.